The molecule has 3 nitrogen and oxygen atoms in total. The van der Waals surface area contributed by atoms with E-state index in [1.54, 1.807) is 6.20 Å². The first-order valence-corrected chi connectivity index (χ1v) is 10.9. The van der Waals surface area contributed by atoms with Crippen molar-refractivity contribution in [1.29, 1.82) is 0 Å². The number of fused-ring (bicyclic) bond motifs is 3. The Balaban J connectivity index is 0.000000187. The molecule has 0 N–H and O–H groups in total. The molecule has 36 heavy (non-hydrogen) atoms. The SMILES string of the molecule is C=C1C=CC=C(c2[c-]cccc2)[N-]1.Fc1[c-]c(-c2ncc3ccc4ccccc4c3n2)cc(F)c1.[Ir+3]. The van der Waals surface area contributed by atoms with Crippen molar-refractivity contribution in [1.82, 2.24) is 9.97 Å². The first-order valence-electron chi connectivity index (χ1n) is 10.9. The van der Waals surface area contributed by atoms with Crippen LogP contribution in [-0.4, -0.2) is 9.97 Å². The Kier molecular flexibility index (Phi) is 7.79. The molecule has 0 spiro atoms. The van der Waals surface area contributed by atoms with Gasteiger partial charge in [0.1, 0.15) is 0 Å². The third-order valence-corrected chi connectivity index (χ3v) is 5.31. The van der Waals surface area contributed by atoms with Gasteiger partial charge < -0.3 is 5.32 Å². The minimum absolute atomic E-state index is 0. The van der Waals surface area contributed by atoms with E-state index < -0.39 is 11.6 Å². The first kappa shape index (κ1) is 25.1. The molecule has 1 aliphatic heterocycles. The van der Waals surface area contributed by atoms with Gasteiger partial charge in [-0.15, -0.1) is 60.7 Å². The first-order chi connectivity index (χ1) is 17.1. The van der Waals surface area contributed by atoms with E-state index in [0.29, 0.717) is 0 Å². The summed E-state index contributed by atoms with van der Waals surface area (Å²) in [6, 6.07) is 27.1. The van der Waals surface area contributed by atoms with Gasteiger partial charge in [0.2, 0.25) is 0 Å². The molecule has 6 heteroatoms. The summed E-state index contributed by atoms with van der Waals surface area (Å²) in [5.41, 5.74) is 3.67. The van der Waals surface area contributed by atoms with Gasteiger partial charge in [-0.05, 0) is 5.39 Å². The number of hydrogen-bond donors (Lipinski definition) is 0. The summed E-state index contributed by atoms with van der Waals surface area (Å²) < 4.78 is 26.7. The van der Waals surface area contributed by atoms with Crippen LogP contribution in [0.4, 0.5) is 8.78 Å². The van der Waals surface area contributed by atoms with E-state index in [1.807, 2.05) is 78.9 Å². The van der Waals surface area contributed by atoms with Crippen molar-refractivity contribution in [2.24, 2.45) is 0 Å². The summed E-state index contributed by atoms with van der Waals surface area (Å²) in [6.07, 6.45) is 7.44. The van der Waals surface area contributed by atoms with Gasteiger partial charge in [-0.3, -0.25) is 9.97 Å². The molecule has 0 bridgehead atoms. The second-order valence-electron chi connectivity index (χ2n) is 7.77. The molecule has 1 aromatic heterocycles. The maximum absolute atomic E-state index is 13.4. The van der Waals surface area contributed by atoms with E-state index in [4.69, 9.17) is 0 Å². The van der Waals surface area contributed by atoms with Crippen molar-refractivity contribution in [2.45, 2.75) is 0 Å². The van der Waals surface area contributed by atoms with Gasteiger partial charge in [-0.25, -0.2) is 14.5 Å². The van der Waals surface area contributed by atoms with Crippen LogP contribution in [0.1, 0.15) is 5.56 Å². The molecular weight excluding hydrogens is 633 g/mol. The summed E-state index contributed by atoms with van der Waals surface area (Å²) in [4.78, 5) is 8.67. The van der Waals surface area contributed by atoms with Gasteiger partial charge in [-0.1, -0.05) is 54.6 Å². The molecule has 0 fully saturated rings. The predicted molar refractivity (Wildman–Crippen MR) is 136 cm³/mol. The molecular formula is C30H18F2IrN3. The average Bonchev–Trinajstić information content (AvgIpc) is 2.89. The molecule has 176 valence electrons. The van der Waals surface area contributed by atoms with E-state index >= 15 is 0 Å². The Morgan fingerprint density at radius 2 is 1.69 bits per heavy atom. The van der Waals surface area contributed by atoms with E-state index in [-0.39, 0.29) is 31.5 Å². The van der Waals surface area contributed by atoms with Crippen molar-refractivity contribution >= 4 is 27.4 Å². The monoisotopic (exact) mass is 651 g/mol. The summed E-state index contributed by atoms with van der Waals surface area (Å²) in [6.45, 7) is 3.78. The molecule has 0 saturated heterocycles. The van der Waals surface area contributed by atoms with E-state index in [1.165, 1.54) is 6.07 Å². The number of allylic oxidation sites excluding steroid dienone is 3. The normalized spacial score (nSPS) is 12.3. The fourth-order valence-electron chi connectivity index (χ4n) is 3.70. The van der Waals surface area contributed by atoms with Crippen molar-refractivity contribution in [3.8, 4) is 11.4 Å². The van der Waals surface area contributed by atoms with Crippen LogP contribution in [0.2, 0.25) is 0 Å². The van der Waals surface area contributed by atoms with Crippen LogP contribution in [0.15, 0.2) is 109 Å². The van der Waals surface area contributed by atoms with Crippen LogP contribution in [-0.2, 0) is 20.1 Å². The number of hydrogen-bond acceptors (Lipinski definition) is 2. The molecule has 0 saturated carbocycles. The van der Waals surface area contributed by atoms with E-state index in [2.05, 4.69) is 34.0 Å². The predicted octanol–water partition coefficient (Wildman–Crippen LogP) is 7.81. The van der Waals surface area contributed by atoms with Crippen LogP contribution < -0.4 is 0 Å². The van der Waals surface area contributed by atoms with Crippen molar-refractivity contribution < 1.29 is 28.9 Å². The molecule has 1 aliphatic rings. The Bertz CT molecular complexity index is 1590. The van der Waals surface area contributed by atoms with Crippen LogP contribution in [0, 0.1) is 23.8 Å². The number of benzene rings is 4. The molecule has 0 unspecified atom stereocenters. The van der Waals surface area contributed by atoms with Gasteiger partial charge in [0.05, 0.1) is 11.3 Å². The summed E-state index contributed by atoms with van der Waals surface area (Å²) in [7, 11) is 0. The Morgan fingerprint density at radius 3 is 2.47 bits per heavy atom. The maximum Gasteiger partial charge on any atom is 3.00 e. The molecule has 0 radical (unpaired) electrons. The number of aromatic nitrogens is 2. The molecule has 4 aromatic carbocycles. The third-order valence-electron chi connectivity index (χ3n) is 5.31. The summed E-state index contributed by atoms with van der Waals surface area (Å²) in [5, 5.41) is 7.20. The van der Waals surface area contributed by atoms with Crippen molar-refractivity contribution in [3.63, 3.8) is 0 Å². The topological polar surface area (TPSA) is 39.9 Å². The standard InChI is InChI=1S/C18H9F2N2.C12H9N.Ir/c19-14-7-13(8-15(20)9-14)18-21-10-12-6-5-11-3-1-2-4-16(11)17(12)22-18;1-10-6-5-9-12(13-10)11-7-3-2-4-8-11;/h1-7,9-10H;2-7,9H,1H2;/q-1;-2;+3. The second-order valence-corrected chi connectivity index (χ2v) is 7.77. The smallest absolute Gasteiger partial charge is 0.702 e. The maximum atomic E-state index is 13.4. The van der Waals surface area contributed by atoms with Gasteiger partial charge in [0.15, 0.2) is 0 Å². The van der Waals surface area contributed by atoms with E-state index in [9.17, 15) is 8.78 Å². The zero-order valence-corrected chi connectivity index (χ0v) is 21.3. The Hall–Kier alpha value is -3.99. The van der Waals surface area contributed by atoms with Crippen LogP contribution >= 0.6 is 0 Å². The number of nitrogens with zero attached hydrogens (tertiary/aromatic N) is 3. The molecule has 5 aromatic rings. The fourth-order valence-corrected chi connectivity index (χ4v) is 3.70. The van der Waals surface area contributed by atoms with Gasteiger partial charge in [0, 0.05) is 28.6 Å². The zero-order chi connectivity index (χ0) is 24.2. The quantitative estimate of drug-likeness (QED) is 0.145. The molecule has 2 heterocycles. The molecule has 6 rings (SSSR count). The largest absolute Gasteiger partial charge is 3.00 e. The number of rotatable bonds is 2. The minimum atomic E-state index is -0.767. The van der Waals surface area contributed by atoms with Crippen LogP contribution in [0.25, 0.3) is 44.1 Å². The second kappa shape index (κ2) is 11.2. The van der Waals surface area contributed by atoms with Gasteiger partial charge in [0.25, 0.3) is 0 Å². The minimum Gasteiger partial charge on any atom is -0.702 e. The van der Waals surface area contributed by atoms with Crippen molar-refractivity contribution in [2.75, 3.05) is 0 Å². The number of halogens is 2. The van der Waals surface area contributed by atoms with Gasteiger partial charge >= 0.3 is 20.1 Å². The summed E-state index contributed by atoms with van der Waals surface area (Å²) in [5.74, 6) is -1.19. The molecule has 0 atom stereocenters. The van der Waals surface area contributed by atoms with E-state index in [0.717, 1.165) is 44.7 Å². The van der Waals surface area contributed by atoms with Crippen LogP contribution in [0.3, 0.4) is 0 Å². The Morgan fingerprint density at radius 1 is 0.889 bits per heavy atom. The van der Waals surface area contributed by atoms with Gasteiger partial charge in [-0.2, -0.15) is 11.3 Å². The summed E-state index contributed by atoms with van der Waals surface area (Å²) >= 11 is 0. The Labute approximate surface area is 221 Å². The molecule has 0 amide bonds. The van der Waals surface area contributed by atoms with Crippen molar-refractivity contribution in [3.05, 3.63) is 144 Å². The fraction of sp³-hybridized carbons (Fsp3) is 0. The zero-order valence-electron chi connectivity index (χ0n) is 18.9. The molecule has 0 aliphatic carbocycles. The third kappa shape index (κ3) is 5.62. The van der Waals surface area contributed by atoms with Crippen LogP contribution in [0.5, 0.6) is 0 Å². The average molecular weight is 651 g/mol.